The van der Waals surface area contributed by atoms with Crippen molar-refractivity contribution in [1.82, 2.24) is 9.55 Å². The van der Waals surface area contributed by atoms with Gasteiger partial charge in [-0.05, 0) is 26.0 Å². The van der Waals surface area contributed by atoms with Gasteiger partial charge in [-0.1, -0.05) is 0 Å². The lowest BCUT2D eigenvalue weighted by Crippen LogP contribution is -2.04. The molecule has 2 aromatic heterocycles. The van der Waals surface area contributed by atoms with Crippen molar-refractivity contribution in [2.24, 2.45) is 0 Å². The molecule has 0 spiro atoms. The fraction of sp³-hybridized carbons (Fsp3) is 0.286. The van der Waals surface area contributed by atoms with Crippen molar-refractivity contribution in [1.29, 1.82) is 0 Å². The van der Waals surface area contributed by atoms with Crippen LogP contribution in [0.1, 0.15) is 21.7 Å². The van der Waals surface area contributed by atoms with Gasteiger partial charge in [-0.3, -0.25) is 4.79 Å². The summed E-state index contributed by atoms with van der Waals surface area (Å²) >= 11 is 5.62. The highest BCUT2D eigenvalue weighted by atomic mass is 35.5. The maximum absolute atomic E-state index is 11.8. The van der Waals surface area contributed by atoms with Crippen LogP contribution in [0.25, 0.3) is 5.69 Å². The molecule has 19 heavy (non-hydrogen) atoms. The summed E-state index contributed by atoms with van der Waals surface area (Å²) in [6.07, 6.45) is 1.72. The normalized spacial score (nSPS) is 10.5. The van der Waals surface area contributed by atoms with Gasteiger partial charge in [-0.15, -0.1) is 11.6 Å². The predicted octanol–water partition coefficient (Wildman–Crippen LogP) is 2.92. The van der Waals surface area contributed by atoms with E-state index in [2.05, 4.69) is 4.98 Å². The van der Waals surface area contributed by atoms with E-state index in [9.17, 15) is 4.79 Å². The smallest absolute Gasteiger partial charge is 0.213 e. The Kier molecular flexibility index (Phi) is 3.90. The van der Waals surface area contributed by atoms with Crippen LogP contribution in [0.15, 0.2) is 24.4 Å². The zero-order valence-corrected chi connectivity index (χ0v) is 11.9. The molecule has 0 aromatic carbocycles. The van der Waals surface area contributed by atoms with Crippen LogP contribution in [-0.2, 0) is 0 Å². The first kappa shape index (κ1) is 13.6. The first-order chi connectivity index (χ1) is 9.08. The summed E-state index contributed by atoms with van der Waals surface area (Å²) in [5.41, 5.74) is 3.39. The maximum Gasteiger partial charge on any atom is 0.213 e. The molecular formula is C14H15ClN2O2. The van der Waals surface area contributed by atoms with Crippen molar-refractivity contribution in [2.45, 2.75) is 13.8 Å². The number of Topliss-reactive ketones (excluding diaryl/α,β-unsaturated/α-hetero) is 1. The van der Waals surface area contributed by atoms with E-state index in [-0.39, 0.29) is 11.7 Å². The van der Waals surface area contributed by atoms with Crippen LogP contribution in [0, 0.1) is 13.8 Å². The molecule has 0 aliphatic heterocycles. The van der Waals surface area contributed by atoms with Crippen LogP contribution in [0.2, 0.25) is 0 Å². The van der Waals surface area contributed by atoms with Gasteiger partial charge in [0.15, 0.2) is 5.78 Å². The van der Waals surface area contributed by atoms with E-state index in [1.165, 1.54) is 0 Å². The number of ketones is 1. The molecule has 0 saturated carbocycles. The van der Waals surface area contributed by atoms with Crippen LogP contribution < -0.4 is 4.74 Å². The number of pyridine rings is 1. The van der Waals surface area contributed by atoms with Crippen LogP contribution in [0.4, 0.5) is 0 Å². The average Bonchev–Trinajstić information content (AvgIpc) is 2.73. The van der Waals surface area contributed by atoms with Crippen molar-refractivity contribution in [3.63, 3.8) is 0 Å². The zero-order valence-electron chi connectivity index (χ0n) is 11.1. The minimum Gasteiger partial charge on any atom is -0.481 e. The molecule has 0 aliphatic rings. The number of carbonyl (C=O) groups is 1. The average molecular weight is 279 g/mol. The minimum absolute atomic E-state index is 0.00877. The summed E-state index contributed by atoms with van der Waals surface area (Å²) in [6, 6.07) is 5.54. The summed E-state index contributed by atoms with van der Waals surface area (Å²) in [5, 5.41) is 0. The molecular weight excluding hydrogens is 264 g/mol. The molecule has 2 rings (SSSR count). The van der Waals surface area contributed by atoms with Crippen molar-refractivity contribution in [2.75, 3.05) is 13.0 Å². The SMILES string of the molecule is COc1ccc(-n2c(C)cc(C(=O)CCl)c2C)cn1. The summed E-state index contributed by atoms with van der Waals surface area (Å²) in [5.74, 6) is 0.483. The molecule has 0 N–H and O–H groups in total. The Morgan fingerprint density at radius 2 is 2.16 bits per heavy atom. The summed E-state index contributed by atoms with van der Waals surface area (Å²) in [6.45, 7) is 3.85. The van der Waals surface area contributed by atoms with E-state index >= 15 is 0 Å². The minimum atomic E-state index is -0.0671. The first-order valence-electron chi connectivity index (χ1n) is 5.87. The van der Waals surface area contributed by atoms with Crippen molar-refractivity contribution >= 4 is 17.4 Å². The van der Waals surface area contributed by atoms with Crippen molar-refractivity contribution in [3.05, 3.63) is 41.3 Å². The van der Waals surface area contributed by atoms with Gasteiger partial charge < -0.3 is 9.30 Å². The van der Waals surface area contributed by atoms with Crippen LogP contribution in [0.5, 0.6) is 5.88 Å². The Morgan fingerprint density at radius 3 is 2.68 bits per heavy atom. The van der Waals surface area contributed by atoms with E-state index in [1.807, 2.05) is 30.5 Å². The highest BCUT2D eigenvalue weighted by Gasteiger charge is 2.15. The monoisotopic (exact) mass is 278 g/mol. The van der Waals surface area contributed by atoms with Gasteiger partial charge in [0.25, 0.3) is 0 Å². The van der Waals surface area contributed by atoms with E-state index < -0.39 is 0 Å². The lowest BCUT2D eigenvalue weighted by Gasteiger charge is -2.09. The Bertz CT molecular complexity index is 603. The molecule has 4 nitrogen and oxygen atoms in total. The molecule has 0 bridgehead atoms. The zero-order chi connectivity index (χ0) is 14.0. The maximum atomic E-state index is 11.8. The number of nitrogens with zero attached hydrogens (tertiary/aromatic N) is 2. The third-order valence-corrected chi connectivity index (χ3v) is 3.28. The lowest BCUT2D eigenvalue weighted by molar-refractivity contribution is 0.102. The Hall–Kier alpha value is -1.81. The second kappa shape index (κ2) is 5.45. The van der Waals surface area contributed by atoms with Crippen molar-refractivity contribution < 1.29 is 9.53 Å². The molecule has 0 unspecified atom stereocenters. The highest BCUT2D eigenvalue weighted by Crippen LogP contribution is 2.22. The lowest BCUT2D eigenvalue weighted by atomic mass is 10.2. The number of carbonyl (C=O) groups excluding carboxylic acids is 1. The fourth-order valence-corrected chi connectivity index (χ4v) is 2.28. The molecule has 100 valence electrons. The van der Waals surface area contributed by atoms with Gasteiger partial charge in [0.1, 0.15) is 0 Å². The Morgan fingerprint density at radius 1 is 1.42 bits per heavy atom. The van der Waals surface area contributed by atoms with Gasteiger partial charge in [0, 0.05) is 23.0 Å². The number of halogens is 1. The molecule has 0 fully saturated rings. The standard InChI is InChI=1S/C14H15ClN2O2/c1-9-6-12(13(18)7-15)10(2)17(9)11-4-5-14(19-3)16-8-11/h4-6,8H,7H2,1-3H3. The number of aryl methyl sites for hydroxylation is 1. The van der Waals surface area contributed by atoms with Gasteiger partial charge in [-0.25, -0.2) is 4.98 Å². The van der Waals surface area contributed by atoms with E-state index in [1.54, 1.807) is 19.4 Å². The number of aromatic nitrogens is 2. The Labute approximate surface area is 117 Å². The Balaban J connectivity index is 2.49. The summed E-state index contributed by atoms with van der Waals surface area (Å²) in [4.78, 5) is 15.9. The van der Waals surface area contributed by atoms with Gasteiger partial charge in [0.05, 0.1) is 24.9 Å². The van der Waals surface area contributed by atoms with Crippen LogP contribution in [-0.4, -0.2) is 28.3 Å². The second-order valence-corrected chi connectivity index (χ2v) is 4.50. The van der Waals surface area contributed by atoms with Crippen molar-refractivity contribution in [3.8, 4) is 11.6 Å². The summed E-state index contributed by atoms with van der Waals surface area (Å²) in [7, 11) is 1.57. The largest absolute Gasteiger partial charge is 0.481 e. The fourth-order valence-electron chi connectivity index (χ4n) is 2.14. The number of ether oxygens (including phenoxy) is 1. The van der Waals surface area contributed by atoms with E-state index in [0.29, 0.717) is 11.4 Å². The third kappa shape index (κ3) is 2.49. The molecule has 0 aliphatic carbocycles. The van der Waals surface area contributed by atoms with Crippen LogP contribution in [0.3, 0.4) is 0 Å². The first-order valence-corrected chi connectivity index (χ1v) is 6.40. The number of hydrogen-bond acceptors (Lipinski definition) is 3. The molecule has 2 aromatic rings. The molecule has 5 heteroatoms. The van der Waals surface area contributed by atoms with Gasteiger partial charge in [-0.2, -0.15) is 0 Å². The number of alkyl halides is 1. The molecule has 0 amide bonds. The topological polar surface area (TPSA) is 44.1 Å². The third-order valence-electron chi connectivity index (χ3n) is 3.04. The highest BCUT2D eigenvalue weighted by molar-refractivity contribution is 6.30. The van der Waals surface area contributed by atoms with Gasteiger partial charge in [0.2, 0.25) is 5.88 Å². The molecule has 0 saturated heterocycles. The number of hydrogen-bond donors (Lipinski definition) is 0. The summed E-state index contributed by atoms with van der Waals surface area (Å²) < 4.78 is 7.01. The second-order valence-electron chi connectivity index (χ2n) is 4.24. The molecule has 0 atom stereocenters. The van der Waals surface area contributed by atoms with Gasteiger partial charge >= 0.3 is 0 Å². The predicted molar refractivity (Wildman–Crippen MR) is 74.6 cm³/mol. The number of rotatable bonds is 4. The van der Waals surface area contributed by atoms with Crippen LogP contribution >= 0.6 is 11.6 Å². The van der Waals surface area contributed by atoms with E-state index in [4.69, 9.17) is 16.3 Å². The van der Waals surface area contributed by atoms with E-state index in [0.717, 1.165) is 17.1 Å². The number of methoxy groups -OCH3 is 1. The molecule has 0 radical (unpaired) electrons. The quantitative estimate of drug-likeness (QED) is 0.638. The molecule has 2 heterocycles.